The third kappa shape index (κ3) is 1.87. The second-order valence-electron chi connectivity index (χ2n) is 2.54. The fraction of sp³-hybridized carbons (Fsp3) is 0.250. The van der Waals surface area contributed by atoms with Crippen LogP contribution in [0, 0.1) is 0 Å². The molecule has 1 N–H and O–H groups in total. The normalized spacial score (nSPS) is 9.69. The minimum Gasteiger partial charge on any atom is -0.477 e. The van der Waals surface area contributed by atoms with Gasteiger partial charge in [0, 0.05) is 20.2 Å². The van der Waals surface area contributed by atoms with Gasteiger partial charge in [-0.2, -0.15) is 0 Å². The fourth-order valence-electron chi connectivity index (χ4n) is 0.941. The van der Waals surface area contributed by atoms with E-state index in [1.165, 1.54) is 23.8 Å². The van der Waals surface area contributed by atoms with Crippen LogP contribution < -0.4 is 4.74 Å². The quantitative estimate of drug-likeness (QED) is 0.683. The minimum absolute atomic E-state index is 0.0160. The molecule has 0 saturated heterocycles. The molecule has 70 valence electrons. The number of hydrogen-bond acceptors (Lipinski definition) is 3. The first-order chi connectivity index (χ1) is 6.02. The molecule has 1 aromatic rings. The third-order valence-corrected chi connectivity index (χ3v) is 1.49. The summed E-state index contributed by atoms with van der Waals surface area (Å²) in [6, 6.07) is 1.38. The van der Waals surface area contributed by atoms with Gasteiger partial charge in [0.2, 0.25) is 5.88 Å². The summed E-state index contributed by atoms with van der Waals surface area (Å²) in [7, 11) is 1.60. The molecule has 0 spiro atoms. The van der Waals surface area contributed by atoms with Gasteiger partial charge in [-0.15, -0.1) is 0 Å². The van der Waals surface area contributed by atoms with Crippen LogP contribution in [-0.2, 0) is 11.8 Å². The van der Waals surface area contributed by atoms with Crippen LogP contribution in [0.1, 0.15) is 17.3 Å². The molecule has 5 heteroatoms. The van der Waals surface area contributed by atoms with Gasteiger partial charge in [0.05, 0.1) is 0 Å². The maximum absolute atomic E-state index is 10.6. The Bertz CT molecular complexity index is 353. The predicted octanol–water partition coefficient (Wildman–Crippen LogP) is 0.649. The molecule has 1 rings (SSSR count). The summed E-state index contributed by atoms with van der Waals surface area (Å²) in [4.78, 5) is 21.2. The van der Waals surface area contributed by atoms with E-state index in [4.69, 9.17) is 9.84 Å². The van der Waals surface area contributed by atoms with Crippen molar-refractivity contribution in [2.45, 2.75) is 6.92 Å². The van der Waals surface area contributed by atoms with E-state index in [1.54, 1.807) is 7.05 Å². The molecule has 13 heavy (non-hydrogen) atoms. The first kappa shape index (κ1) is 9.31. The lowest BCUT2D eigenvalue weighted by Crippen LogP contribution is -2.08. The van der Waals surface area contributed by atoms with Crippen molar-refractivity contribution < 1.29 is 19.4 Å². The largest absolute Gasteiger partial charge is 0.477 e. The molecular formula is C8H9NO4. The molecule has 1 aromatic heterocycles. The second-order valence-corrected chi connectivity index (χ2v) is 2.54. The van der Waals surface area contributed by atoms with E-state index in [1.807, 2.05) is 0 Å². The zero-order chi connectivity index (χ0) is 10.0. The van der Waals surface area contributed by atoms with Crippen molar-refractivity contribution in [3.05, 3.63) is 17.8 Å². The number of carboxylic acids is 1. The molecule has 0 fully saturated rings. The van der Waals surface area contributed by atoms with Crippen LogP contribution in [-0.4, -0.2) is 21.6 Å². The third-order valence-electron chi connectivity index (χ3n) is 1.49. The smallest absolute Gasteiger partial charge is 0.341 e. The van der Waals surface area contributed by atoms with Gasteiger partial charge in [-0.1, -0.05) is 0 Å². The van der Waals surface area contributed by atoms with Crippen molar-refractivity contribution in [2.75, 3.05) is 0 Å². The van der Waals surface area contributed by atoms with E-state index in [9.17, 15) is 9.59 Å². The summed E-state index contributed by atoms with van der Waals surface area (Å²) in [6.07, 6.45) is 1.52. The lowest BCUT2D eigenvalue weighted by Gasteiger charge is -2.03. The molecule has 0 saturated carbocycles. The number of rotatable bonds is 2. The lowest BCUT2D eigenvalue weighted by atomic mass is 10.3. The maximum atomic E-state index is 10.6. The minimum atomic E-state index is -1.11. The average molecular weight is 183 g/mol. The fourth-order valence-corrected chi connectivity index (χ4v) is 0.941. The van der Waals surface area contributed by atoms with Crippen LogP contribution in [0.3, 0.4) is 0 Å². The van der Waals surface area contributed by atoms with E-state index in [2.05, 4.69) is 0 Å². The Labute approximate surface area is 74.5 Å². The number of aryl methyl sites for hydroxylation is 1. The van der Waals surface area contributed by atoms with Gasteiger partial charge >= 0.3 is 11.9 Å². The van der Waals surface area contributed by atoms with Gasteiger partial charge in [-0.3, -0.25) is 4.79 Å². The summed E-state index contributed by atoms with van der Waals surface area (Å²) in [5.41, 5.74) is -0.0160. The highest BCUT2D eigenvalue weighted by atomic mass is 16.5. The molecule has 0 bridgehead atoms. The topological polar surface area (TPSA) is 68.5 Å². The summed E-state index contributed by atoms with van der Waals surface area (Å²) in [6.45, 7) is 1.22. The lowest BCUT2D eigenvalue weighted by molar-refractivity contribution is -0.132. The van der Waals surface area contributed by atoms with Crippen molar-refractivity contribution in [3.63, 3.8) is 0 Å². The molecule has 0 aliphatic heterocycles. The van der Waals surface area contributed by atoms with E-state index in [0.29, 0.717) is 0 Å². The molecule has 0 aromatic carbocycles. The van der Waals surface area contributed by atoms with Crippen LogP contribution in [0.25, 0.3) is 0 Å². The molecule has 0 amide bonds. The number of aromatic nitrogens is 1. The summed E-state index contributed by atoms with van der Waals surface area (Å²) in [5.74, 6) is -1.60. The van der Waals surface area contributed by atoms with E-state index in [0.717, 1.165) is 0 Å². The molecule has 0 unspecified atom stereocenters. The van der Waals surface area contributed by atoms with Gasteiger partial charge in [0.15, 0.2) is 0 Å². The Hall–Kier alpha value is -1.78. The summed E-state index contributed by atoms with van der Waals surface area (Å²) < 4.78 is 6.16. The van der Waals surface area contributed by atoms with Crippen LogP contribution in [0.2, 0.25) is 0 Å². The van der Waals surface area contributed by atoms with Crippen molar-refractivity contribution in [1.29, 1.82) is 0 Å². The Morgan fingerprint density at radius 3 is 2.62 bits per heavy atom. The first-order valence-electron chi connectivity index (χ1n) is 3.59. The van der Waals surface area contributed by atoms with E-state index in [-0.39, 0.29) is 11.4 Å². The van der Waals surface area contributed by atoms with Gasteiger partial charge in [0.25, 0.3) is 0 Å². The molecule has 5 nitrogen and oxygen atoms in total. The summed E-state index contributed by atoms with van der Waals surface area (Å²) >= 11 is 0. The van der Waals surface area contributed by atoms with Crippen LogP contribution in [0.4, 0.5) is 0 Å². The highest BCUT2D eigenvalue weighted by Crippen LogP contribution is 2.18. The molecular weight excluding hydrogens is 174 g/mol. The van der Waals surface area contributed by atoms with Crippen molar-refractivity contribution in [2.24, 2.45) is 7.05 Å². The standard InChI is InChI=1S/C8H9NO4/c1-5(10)13-7-6(8(11)12)3-4-9(7)2/h3-4H,1-2H3,(H,11,12). The highest BCUT2D eigenvalue weighted by molar-refractivity contribution is 5.91. The monoisotopic (exact) mass is 183 g/mol. The van der Waals surface area contributed by atoms with Crippen molar-refractivity contribution >= 4 is 11.9 Å². The number of hydrogen-bond donors (Lipinski definition) is 1. The van der Waals surface area contributed by atoms with E-state index >= 15 is 0 Å². The number of esters is 1. The average Bonchev–Trinajstić information content (AvgIpc) is 2.32. The van der Waals surface area contributed by atoms with Gasteiger partial charge in [-0.05, 0) is 6.07 Å². The van der Waals surface area contributed by atoms with Gasteiger partial charge in [0.1, 0.15) is 5.56 Å². The molecule has 0 aliphatic rings. The van der Waals surface area contributed by atoms with Crippen LogP contribution in [0.5, 0.6) is 5.88 Å². The van der Waals surface area contributed by atoms with Crippen LogP contribution >= 0.6 is 0 Å². The number of carboxylic acid groups (broad SMARTS) is 1. The Morgan fingerprint density at radius 2 is 2.15 bits per heavy atom. The zero-order valence-electron chi connectivity index (χ0n) is 7.27. The Morgan fingerprint density at radius 1 is 1.54 bits per heavy atom. The van der Waals surface area contributed by atoms with Crippen molar-refractivity contribution in [1.82, 2.24) is 4.57 Å². The number of aromatic carboxylic acids is 1. The van der Waals surface area contributed by atoms with Gasteiger partial charge in [-0.25, -0.2) is 4.79 Å². The number of nitrogens with zero attached hydrogens (tertiary/aromatic N) is 1. The van der Waals surface area contributed by atoms with Crippen LogP contribution in [0.15, 0.2) is 12.3 Å². The predicted molar refractivity (Wildman–Crippen MR) is 43.7 cm³/mol. The maximum Gasteiger partial charge on any atom is 0.341 e. The van der Waals surface area contributed by atoms with Gasteiger partial charge < -0.3 is 14.4 Å². The number of ether oxygens (including phenoxy) is 1. The SMILES string of the molecule is CC(=O)Oc1c(C(=O)O)ccn1C. The number of carbonyl (C=O) groups is 2. The Kier molecular flexibility index (Phi) is 2.36. The molecule has 0 aliphatic carbocycles. The Balaban J connectivity index is 3.08. The van der Waals surface area contributed by atoms with E-state index < -0.39 is 11.9 Å². The molecule has 0 atom stereocenters. The highest BCUT2D eigenvalue weighted by Gasteiger charge is 2.16. The molecule has 1 heterocycles. The first-order valence-corrected chi connectivity index (χ1v) is 3.59. The second kappa shape index (κ2) is 3.30. The summed E-state index contributed by atoms with van der Waals surface area (Å²) in [5, 5.41) is 8.69. The molecule has 0 radical (unpaired) electrons. The zero-order valence-corrected chi connectivity index (χ0v) is 7.27. The number of carbonyl (C=O) groups excluding carboxylic acids is 1. The van der Waals surface area contributed by atoms with Crippen molar-refractivity contribution in [3.8, 4) is 5.88 Å².